The van der Waals surface area contributed by atoms with Crippen LogP contribution in [0.3, 0.4) is 0 Å². The summed E-state index contributed by atoms with van der Waals surface area (Å²) in [4.78, 5) is 0. The maximum atomic E-state index is 8.67. The number of rotatable bonds is 5. The standard InChI is InChI=1S/C11H18N2/c1-4-10(9-12)7-8-11(5-2)13-6-3/h7-8,13H,4-6H2,1-3H3/b10-7+,11-8+. The van der Waals surface area contributed by atoms with Crippen LogP contribution in [0.2, 0.25) is 0 Å². The molecule has 0 aliphatic heterocycles. The smallest absolute Gasteiger partial charge is 0.0946 e. The first-order valence-corrected chi connectivity index (χ1v) is 4.82. The fourth-order valence-corrected chi connectivity index (χ4v) is 0.964. The molecule has 0 aromatic carbocycles. The zero-order chi connectivity index (χ0) is 10.1. The van der Waals surface area contributed by atoms with E-state index < -0.39 is 0 Å². The van der Waals surface area contributed by atoms with Crippen molar-refractivity contribution in [3.63, 3.8) is 0 Å². The second-order valence-corrected chi connectivity index (χ2v) is 2.73. The van der Waals surface area contributed by atoms with Crippen LogP contribution in [0.4, 0.5) is 0 Å². The van der Waals surface area contributed by atoms with Gasteiger partial charge >= 0.3 is 0 Å². The van der Waals surface area contributed by atoms with Gasteiger partial charge in [0, 0.05) is 17.8 Å². The Morgan fingerprint density at radius 1 is 1.23 bits per heavy atom. The highest BCUT2D eigenvalue weighted by Crippen LogP contribution is 2.01. The molecule has 1 N–H and O–H groups in total. The first-order valence-electron chi connectivity index (χ1n) is 4.82. The fourth-order valence-electron chi connectivity index (χ4n) is 0.964. The molecule has 0 rings (SSSR count). The van der Waals surface area contributed by atoms with E-state index >= 15 is 0 Å². The van der Waals surface area contributed by atoms with Crippen LogP contribution in [0, 0.1) is 11.3 Å². The van der Waals surface area contributed by atoms with Crippen molar-refractivity contribution in [1.82, 2.24) is 5.32 Å². The molecule has 0 heterocycles. The summed E-state index contributed by atoms with van der Waals surface area (Å²) in [6.45, 7) is 7.09. The lowest BCUT2D eigenvalue weighted by molar-refractivity contribution is 0.807. The third-order valence-corrected chi connectivity index (χ3v) is 1.79. The minimum atomic E-state index is 0.802. The summed E-state index contributed by atoms with van der Waals surface area (Å²) < 4.78 is 0. The van der Waals surface area contributed by atoms with E-state index in [1.165, 1.54) is 5.70 Å². The van der Waals surface area contributed by atoms with Gasteiger partial charge in [-0.2, -0.15) is 5.26 Å². The first-order chi connectivity index (χ1) is 6.28. The van der Waals surface area contributed by atoms with Crippen LogP contribution in [-0.4, -0.2) is 6.54 Å². The van der Waals surface area contributed by atoms with Gasteiger partial charge < -0.3 is 5.32 Å². The quantitative estimate of drug-likeness (QED) is 0.519. The fraction of sp³-hybridized carbons (Fsp3) is 0.545. The van der Waals surface area contributed by atoms with Crippen molar-refractivity contribution in [3.8, 4) is 6.07 Å². The van der Waals surface area contributed by atoms with E-state index in [1.807, 2.05) is 19.1 Å². The summed E-state index contributed by atoms with van der Waals surface area (Å²) in [7, 11) is 0. The lowest BCUT2D eigenvalue weighted by Crippen LogP contribution is -2.10. The molecule has 0 saturated heterocycles. The lowest BCUT2D eigenvalue weighted by atomic mass is 10.2. The van der Waals surface area contributed by atoms with Crippen molar-refractivity contribution in [2.45, 2.75) is 33.6 Å². The summed E-state index contributed by atoms with van der Waals surface area (Å²) in [5.41, 5.74) is 2.01. The largest absolute Gasteiger partial charge is 0.389 e. The van der Waals surface area contributed by atoms with Gasteiger partial charge in [0.1, 0.15) is 0 Å². The minimum Gasteiger partial charge on any atom is -0.389 e. The number of nitrogens with one attached hydrogen (secondary N) is 1. The Balaban J connectivity index is 4.35. The SMILES string of the molecule is CCN/C(=C/C=C(/C#N)CC)CC. The third kappa shape index (κ3) is 5.08. The van der Waals surface area contributed by atoms with Crippen LogP contribution in [0.5, 0.6) is 0 Å². The molecule has 72 valence electrons. The molecule has 0 saturated carbocycles. The summed E-state index contributed by atoms with van der Waals surface area (Å²) in [5.74, 6) is 0. The number of hydrogen-bond acceptors (Lipinski definition) is 2. The molecule has 0 bridgehead atoms. The van der Waals surface area contributed by atoms with Crippen molar-refractivity contribution in [3.05, 3.63) is 23.4 Å². The molecule has 0 aliphatic carbocycles. The number of nitrogens with zero attached hydrogens (tertiary/aromatic N) is 1. The van der Waals surface area contributed by atoms with Crippen LogP contribution in [0.25, 0.3) is 0 Å². The van der Waals surface area contributed by atoms with Crippen LogP contribution >= 0.6 is 0 Å². The Kier molecular flexibility index (Phi) is 6.72. The van der Waals surface area contributed by atoms with Crippen LogP contribution in [0.15, 0.2) is 23.4 Å². The zero-order valence-electron chi connectivity index (χ0n) is 8.72. The molecule has 0 atom stereocenters. The summed E-state index contributed by atoms with van der Waals surface area (Å²) in [6.07, 6.45) is 5.66. The Labute approximate surface area is 81.0 Å². The molecule has 0 spiro atoms. The molecule has 0 aliphatic rings. The molecule has 0 fully saturated rings. The number of nitriles is 1. The van der Waals surface area contributed by atoms with Gasteiger partial charge in [0.2, 0.25) is 0 Å². The molecule has 0 radical (unpaired) electrons. The summed E-state index contributed by atoms with van der Waals surface area (Å²) in [5, 5.41) is 11.9. The van der Waals surface area contributed by atoms with Gasteiger partial charge in [0.15, 0.2) is 0 Å². The van der Waals surface area contributed by atoms with Gasteiger partial charge in [-0.1, -0.05) is 13.8 Å². The highest BCUT2D eigenvalue weighted by molar-refractivity contribution is 5.26. The van der Waals surface area contributed by atoms with E-state index in [-0.39, 0.29) is 0 Å². The molecule has 0 unspecified atom stereocenters. The Hall–Kier alpha value is -1.23. The Morgan fingerprint density at radius 2 is 1.92 bits per heavy atom. The topological polar surface area (TPSA) is 35.8 Å². The van der Waals surface area contributed by atoms with E-state index in [1.54, 1.807) is 0 Å². The molecule has 2 heteroatoms. The Morgan fingerprint density at radius 3 is 2.31 bits per heavy atom. The third-order valence-electron chi connectivity index (χ3n) is 1.79. The van der Waals surface area contributed by atoms with Gasteiger partial charge in [-0.25, -0.2) is 0 Å². The number of allylic oxidation sites excluding steroid dienone is 4. The predicted octanol–water partition coefficient (Wildman–Crippen LogP) is 2.75. The molecule has 2 nitrogen and oxygen atoms in total. The lowest BCUT2D eigenvalue weighted by Gasteiger charge is -2.04. The van der Waals surface area contributed by atoms with E-state index in [0.29, 0.717) is 0 Å². The van der Waals surface area contributed by atoms with Gasteiger partial charge in [-0.3, -0.25) is 0 Å². The van der Waals surface area contributed by atoms with E-state index in [9.17, 15) is 0 Å². The highest BCUT2D eigenvalue weighted by Gasteiger charge is 1.90. The van der Waals surface area contributed by atoms with Crippen LogP contribution < -0.4 is 5.32 Å². The monoisotopic (exact) mass is 178 g/mol. The maximum Gasteiger partial charge on any atom is 0.0946 e. The average Bonchev–Trinajstić information content (AvgIpc) is 2.17. The normalized spacial score (nSPS) is 12.5. The van der Waals surface area contributed by atoms with Gasteiger partial charge in [0.25, 0.3) is 0 Å². The first kappa shape index (κ1) is 11.8. The molecular weight excluding hydrogens is 160 g/mol. The van der Waals surface area contributed by atoms with Crippen molar-refractivity contribution in [2.75, 3.05) is 6.54 Å². The summed E-state index contributed by atoms with van der Waals surface area (Å²) >= 11 is 0. The molecule has 13 heavy (non-hydrogen) atoms. The average molecular weight is 178 g/mol. The van der Waals surface area contributed by atoms with Crippen LogP contribution in [0.1, 0.15) is 33.6 Å². The zero-order valence-corrected chi connectivity index (χ0v) is 8.72. The second-order valence-electron chi connectivity index (χ2n) is 2.73. The van der Waals surface area contributed by atoms with Crippen molar-refractivity contribution in [1.29, 1.82) is 5.26 Å². The van der Waals surface area contributed by atoms with E-state index in [4.69, 9.17) is 5.26 Å². The minimum absolute atomic E-state index is 0.802. The highest BCUT2D eigenvalue weighted by atomic mass is 14.9. The molecule has 0 aromatic rings. The summed E-state index contributed by atoms with van der Waals surface area (Å²) in [6, 6.07) is 2.16. The Bertz CT molecular complexity index is 231. The maximum absolute atomic E-state index is 8.67. The second kappa shape index (κ2) is 7.42. The van der Waals surface area contributed by atoms with E-state index in [0.717, 1.165) is 25.0 Å². The van der Waals surface area contributed by atoms with Gasteiger partial charge in [-0.15, -0.1) is 0 Å². The molecule has 0 aromatic heterocycles. The van der Waals surface area contributed by atoms with Crippen molar-refractivity contribution >= 4 is 0 Å². The van der Waals surface area contributed by atoms with Crippen molar-refractivity contribution < 1.29 is 0 Å². The van der Waals surface area contributed by atoms with Gasteiger partial charge in [0.05, 0.1) is 6.07 Å². The van der Waals surface area contributed by atoms with E-state index in [2.05, 4.69) is 25.2 Å². The predicted molar refractivity (Wildman–Crippen MR) is 56.0 cm³/mol. The molecule has 0 amide bonds. The van der Waals surface area contributed by atoms with Crippen LogP contribution in [-0.2, 0) is 0 Å². The van der Waals surface area contributed by atoms with Gasteiger partial charge in [-0.05, 0) is 31.9 Å². The van der Waals surface area contributed by atoms with Crippen molar-refractivity contribution in [2.24, 2.45) is 0 Å². The number of hydrogen-bond donors (Lipinski definition) is 1. The molecular formula is C11H18N2.